The maximum absolute atomic E-state index is 12.4. The first-order valence-corrected chi connectivity index (χ1v) is 11.2. The van der Waals surface area contributed by atoms with Gasteiger partial charge in [0.05, 0.1) is 23.9 Å². The third kappa shape index (κ3) is 5.89. The zero-order chi connectivity index (χ0) is 23.0. The van der Waals surface area contributed by atoms with E-state index < -0.39 is 6.10 Å². The van der Waals surface area contributed by atoms with Crippen LogP contribution in [0.3, 0.4) is 0 Å². The van der Waals surface area contributed by atoms with Crippen molar-refractivity contribution in [1.29, 1.82) is 0 Å². The molecule has 0 saturated heterocycles. The SMILES string of the molecule is CC(C)C(=O)OC(COc1ccccc1)Cn1nc(-c2ccccc2)cc1-c1ccccc1. The van der Waals surface area contributed by atoms with E-state index in [1.54, 1.807) is 0 Å². The normalized spacial score (nSPS) is 11.8. The van der Waals surface area contributed by atoms with Crippen molar-refractivity contribution in [2.24, 2.45) is 5.92 Å². The molecule has 1 aromatic heterocycles. The molecule has 168 valence electrons. The topological polar surface area (TPSA) is 53.4 Å². The monoisotopic (exact) mass is 440 g/mol. The average molecular weight is 441 g/mol. The highest BCUT2D eigenvalue weighted by Gasteiger charge is 2.21. The fourth-order valence-electron chi connectivity index (χ4n) is 3.47. The number of esters is 1. The summed E-state index contributed by atoms with van der Waals surface area (Å²) in [6.45, 7) is 4.27. The van der Waals surface area contributed by atoms with E-state index in [0.717, 1.165) is 28.3 Å². The highest BCUT2D eigenvalue weighted by atomic mass is 16.6. The van der Waals surface area contributed by atoms with Crippen LogP contribution >= 0.6 is 0 Å². The van der Waals surface area contributed by atoms with Crippen molar-refractivity contribution < 1.29 is 14.3 Å². The summed E-state index contributed by atoms with van der Waals surface area (Å²) < 4.78 is 13.7. The molecule has 5 nitrogen and oxygen atoms in total. The Morgan fingerprint density at radius 1 is 0.848 bits per heavy atom. The van der Waals surface area contributed by atoms with Gasteiger partial charge in [-0.3, -0.25) is 9.48 Å². The summed E-state index contributed by atoms with van der Waals surface area (Å²) in [7, 11) is 0. The number of carbonyl (C=O) groups excluding carboxylic acids is 1. The molecule has 1 atom stereocenters. The molecule has 0 aliphatic heterocycles. The smallest absolute Gasteiger partial charge is 0.308 e. The number of benzene rings is 3. The molecule has 0 N–H and O–H groups in total. The molecule has 33 heavy (non-hydrogen) atoms. The molecule has 4 rings (SSSR count). The second kappa shape index (κ2) is 10.6. The zero-order valence-electron chi connectivity index (χ0n) is 18.9. The van der Waals surface area contributed by atoms with Crippen LogP contribution in [0.1, 0.15) is 13.8 Å². The Bertz CT molecular complexity index is 1160. The van der Waals surface area contributed by atoms with Gasteiger partial charge in [-0.2, -0.15) is 5.10 Å². The highest BCUT2D eigenvalue weighted by Crippen LogP contribution is 2.27. The lowest BCUT2D eigenvalue weighted by atomic mass is 10.1. The highest BCUT2D eigenvalue weighted by molar-refractivity contribution is 5.72. The number of aromatic nitrogens is 2. The zero-order valence-corrected chi connectivity index (χ0v) is 18.9. The Labute approximate surface area is 194 Å². The van der Waals surface area contributed by atoms with Crippen molar-refractivity contribution in [3.8, 4) is 28.3 Å². The van der Waals surface area contributed by atoms with E-state index in [-0.39, 0.29) is 18.5 Å². The molecule has 5 heteroatoms. The number of para-hydroxylation sites is 1. The lowest BCUT2D eigenvalue weighted by Gasteiger charge is -2.21. The van der Waals surface area contributed by atoms with Gasteiger partial charge in [0, 0.05) is 5.56 Å². The molecule has 0 aliphatic rings. The number of rotatable bonds is 9. The van der Waals surface area contributed by atoms with Crippen LogP contribution in [-0.2, 0) is 16.1 Å². The van der Waals surface area contributed by atoms with Gasteiger partial charge in [0.1, 0.15) is 12.4 Å². The van der Waals surface area contributed by atoms with Crippen molar-refractivity contribution in [2.45, 2.75) is 26.5 Å². The Kier molecular flexibility index (Phi) is 7.20. The maximum Gasteiger partial charge on any atom is 0.308 e. The van der Waals surface area contributed by atoms with Gasteiger partial charge < -0.3 is 9.47 Å². The average Bonchev–Trinajstić information content (AvgIpc) is 3.28. The third-order valence-electron chi connectivity index (χ3n) is 5.23. The first kappa shape index (κ1) is 22.3. The van der Waals surface area contributed by atoms with Crippen LogP contribution in [0.4, 0.5) is 0 Å². The molecule has 0 fully saturated rings. The summed E-state index contributed by atoms with van der Waals surface area (Å²) in [5, 5.41) is 4.87. The van der Waals surface area contributed by atoms with Crippen LogP contribution in [0.15, 0.2) is 97.1 Å². The molecule has 0 amide bonds. The van der Waals surface area contributed by atoms with Gasteiger partial charge in [-0.1, -0.05) is 92.7 Å². The van der Waals surface area contributed by atoms with Crippen molar-refractivity contribution in [3.63, 3.8) is 0 Å². The summed E-state index contributed by atoms with van der Waals surface area (Å²) in [5.41, 5.74) is 3.90. The molecular weight excluding hydrogens is 412 g/mol. The molecule has 1 heterocycles. The molecule has 0 bridgehead atoms. The van der Waals surface area contributed by atoms with Gasteiger partial charge in [0.25, 0.3) is 0 Å². The predicted octanol–water partition coefficient (Wildman–Crippen LogP) is 5.86. The van der Waals surface area contributed by atoms with Crippen molar-refractivity contribution >= 4 is 5.97 Å². The van der Waals surface area contributed by atoms with Gasteiger partial charge in [0.15, 0.2) is 6.10 Å². The Morgan fingerprint density at radius 3 is 2.03 bits per heavy atom. The van der Waals surface area contributed by atoms with E-state index in [0.29, 0.717) is 6.54 Å². The minimum absolute atomic E-state index is 0.227. The first-order chi connectivity index (χ1) is 16.1. The fourth-order valence-corrected chi connectivity index (χ4v) is 3.47. The van der Waals surface area contributed by atoms with Crippen molar-refractivity contribution in [2.75, 3.05) is 6.61 Å². The number of ether oxygens (including phenoxy) is 2. The van der Waals surface area contributed by atoms with E-state index in [1.807, 2.05) is 97.4 Å². The lowest BCUT2D eigenvalue weighted by molar-refractivity contribution is -0.155. The van der Waals surface area contributed by atoms with Gasteiger partial charge in [0.2, 0.25) is 0 Å². The van der Waals surface area contributed by atoms with E-state index in [1.165, 1.54) is 0 Å². The Hall–Kier alpha value is -3.86. The number of hydrogen-bond donors (Lipinski definition) is 0. The summed E-state index contributed by atoms with van der Waals surface area (Å²) in [6, 6.07) is 31.8. The van der Waals surface area contributed by atoms with Crippen LogP contribution < -0.4 is 4.74 Å². The van der Waals surface area contributed by atoms with Crippen LogP contribution in [0.25, 0.3) is 22.5 Å². The second-order valence-electron chi connectivity index (χ2n) is 8.17. The number of hydrogen-bond acceptors (Lipinski definition) is 4. The van der Waals surface area contributed by atoms with Gasteiger partial charge in [-0.05, 0) is 23.8 Å². The minimum atomic E-state index is -0.494. The molecule has 1 unspecified atom stereocenters. The van der Waals surface area contributed by atoms with Crippen LogP contribution in [0.2, 0.25) is 0 Å². The summed E-state index contributed by atoms with van der Waals surface area (Å²) >= 11 is 0. The fraction of sp³-hybridized carbons (Fsp3) is 0.214. The third-order valence-corrected chi connectivity index (χ3v) is 5.23. The summed E-state index contributed by atoms with van der Waals surface area (Å²) in [4.78, 5) is 12.4. The quantitative estimate of drug-likeness (QED) is 0.306. The molecule has 0 saturated carbocycles. The summed E-state index contributed by atoms with van der Waals surface area (Å²) in [5.74, 6) is 0.250. The second-order valence-corrected chi connectivity index (χ2v) is 8.17. The van der Waals surface area contributed by atoms with Crippen LogP contribution in [-0.4, -0.2) is 28.5 Å². The maximum atomic E-state index is 12.4. The van der Waals surface area contributed by atoms with E-state index >= 15 is 0 Å². The Balaban J connectivity index is 1.64. The van der Waals surface area contributed by atoms with Gasteiger partial charge in [-0.15, -0.1) is 0 Å². The van der Waals surface area contributed by atoms with Crippen molar-refractivity contribution in [1.82, 2.24) is 9.78 Å². The molecule has 0 radical (unpaired) electrons. The van der Waals surface area contributed by atoms with Gasteiger partial charge in [-0.25, -0.2) is 0 Å². The predicted molar refractivity (Wildman–Crippen MR) is 130 cm³/mol. The molecule has 0 aliphatic carbocycles. The molecule has 3 aromatic carbocycles. The lowest BCUT2D eigenvalue weighted by Crippen LogP contribution is -2.32. The standard InChI is InChI=1S/C28H28N2O3/c1-21(2)28(31)33-25(20-32-24-16-10-5-11-17-24)19-30-27(23-14-8-4-9-15-23)18-26(29-30)22-12-6-3-7-13-22/h3-18,21,25H,19-20H2,1-2H3. The summed E-state index contributed by atoms with van der Waals surface area (Å²) in [6.07, 6.45) is -0.494. The van der Waals surface area contributed by atoms with Crippen molar-refractivity contribution in [3.05, 3.63) is 97.1 Å². The van der Waals surface area contributed by atoms with Gasteiger partial charge >= 0.3 is 5.97 Å². The first-order valence-electron chi connectivity index (χ1n) is 11.2. The molecule has 0 spiro atoms. The van der Waals surface area contributed by atoms with Crippen LogP contribution in [0, 0.1) is 5.92 Å². The molecule has 4 aromatic rings. The van der Waals surface area contributed by atoms with E-state index in [2.05, 4.69) is 18.2 Å². The minimum Gasteiger partial charge on any atom is -0.490 e. The van der Waals surface area contributed by atoms with E-state index in [9.17, 15) is 4.79 Å². The number of carbonyl (C=O) groups is 1. The van der Waals surface area contributed by atoms with E-state index in [4.69, 9.17) is 14.6 Å². The molecular formula is C28H28N2O3. The largest absolute Gasteiger partial charge is 0.490 e. The number of nitrogens with zero attached hydrogens (tertiary/aromatic N) is 2. The van der Waals surface area contributed by atoms with Crippen LogP contribution in [0.5, 0.6) is 5.75 Å². The Morgan fingerprint density at radius 2 is 1.42 bits per heavy atom.